The van der Waals surface area contributed by atoms with Gasteiger partial charge in [0.2, 0.25) is 5.91 Å². The van der Waals surface area contributed by atoms with Crippen LogP contribution < -0.4 is 15.4 Å². The van der Waals surface area contributed by atoms with Crippen molar-refractivity contribution in [3.8, 4) is 5.75 Å². The quantitative estimate of drug-likeness (QED) is 0.308. The van der Waals surface area contributed by atoms with E-state index in [2.05, 4.69) is 26.7 Å². The van der Waals surface area contributed by atoms with Crippen molar-refractivity contribution in [1.29, 1.82) is 0 Å². The SMILES string of the molecule is COc1cnc2cccc(CC[C@H]3CC[C@@H](NCc4ccc5c(n4)NC(=O)CS5)[C@H](C[C@@H](O)CO)O3)c2c1. The predicted molar refractivity (Wildman–Crippen MR) is 146 cm³/mol. The van der Waals surface area contributed by atoms with Crippen LogP contribution in [0.25, 0.3) is 10.9 Å². The number of nitrogens with one attached hydrogen (secondary N) is 2. The third-order valence-corrected chi connectivity index (χ3v) is 8.22. The summed E-state index contributed by atoms with van der Waals surface area (Å²) in [6.07, 6.45) is 4.51. The zero-order valence-electron chi connectivity index (χ0n) is 21.4. The molecular formula is C28H34N4O5S. The number of pyridine rings is 2. The van der Waals surface area contributed by atoms with E-state index in [1.807, 2.05) is 30.3 Å². The molecule has 3 aromatic rings. The third kappa shape index (κ3) is 6.44. The molecule has 2 aliphatic rings. The van der Waals surface area contributed by atoms with Crippen molar-refractivity contribution < 1.29 is 24.5 Å². The van der Waals surface area contributed by atoms with Crippen molar-refractivity contribution in [3.05, 3.63) is 53.9 Å². The largest absolute Gasteiger partial charge is 0.495 e. The molecule has 0 saturated carbocycles. The van der Waals surface area contributed by atoms with Gasteiger partial charge < -0.3 is 30.3 Å². The van der Waals surface area contributed by atoms with Gasteiger partial charge >= 0.3 is 0 Å². The van der Waals surface area contributed by atoms with Crippen molar-refractivity contribution in [2.24, 2.45) is 0 Å². The van der Waals surface area contributed by atoms with Crippen LogP contribution in [0.1, 0.15) is 36.9 Å². The Morgan fingerprint density at radius 2 is 2.18 bits per heavy atom. The molecule has 1 aromatic carbocycles. The van der Waals surface area contributed by atoms with Crippen LogP contribution in [0.3, 0.4) is 0 Å². The van der Waals surface area contributed by atoms with Gasteiger partial charge in [0.05, 0.1) is 60.1 Å². The second kappa shape index (κ2) is 12.4. The van der Waals surface area contributed by atoms with Crippen molar-refractivity contribution in [2.45, 2.75) is 67.9 Å². The van der Waals surface area contributed by atoms with Gasteiger partial charge in [0.1, 0.15) is 11.6 Å². The number of hydrogen-bond donors (Lipinski definition) is 4. The predicted octanol–water partition coefficient (Wildman–Crippen LogP) is 3.06. The van der Waals surface area contributed by atoms with Crippen molar-refractivity contribution in [1.82, 2.24) is 15.3 Å². The first-order valence-electron chi connectivity index (χ1n) is 13.0. The molecule has 1 fully saturated rings. The fourth-order valence-corrected chi connectivity index (χ4v) is 5.90. The molecule has 38 heavy (non-hydrogen) atoms. The lowest BCUT2D eigenvalue weighted by Crippen LogP contribution is -2.48. The molecule has 4 atom stereocenters. The molecule has 0 unspecified atom stereocenters. The van der Waals surface area contributed by atoms with E-state index in [0.29, 0.717) is 24.5 Å². The highest BCUT2D eigenvalue weighted by molar-refractivity contribution is 8.00. The third-order valence-electron chi connectivity index (χ3n) is 7.17. The molecule has 0 radical (unpaired) electrons. The zero-order chi connectivity index (χ0) is 26.5. The average molecular weight is 539 g/mol. The summed E-state index contributed by atoms with van der Waals surface area (Å²) in [5.41, 5.74) is 2.97. The van der Waals surface area contributed by atoms with E-state index < -0.39 is 6.10 Å². The molecule has 9 nitrogen and oxygen atoms in total. The van der Waals surface area contributed by atoms with Crippen molar-refractivity contribution in [2.75, 3.05) is 24.8 Å². The number of rotatable bonds is 10. The number of thioether (sulfide) groups is 1. The van der Waals surface area contributed by atoms with Crippen molar-refractivity contribution >= 4 is 34.4 Å². The number of aryl methyl sites for hydroxylation is 1. The number of fused-ring (bicyclic) bond motifs is 2. The molecule has 0 aliphatic carbocycles. The molecule has 10 heteroatoms. The highest BCUT2D eigenvalue weighted by Crippen LogP contribution is 2.31. The van der Waals surface area contributed by atoms with E-state index >= 15 is 0 Å². The van der Waals surface area contributed by atoms with Gasteiger partial charge in [-0.3, -0.25) is 9.78 Å². The number of aliphatic hydroxyl groups excluding tert-OH is 2. The summed E-state index contributed by atoms with van der Waals surface area (Å²) in [7, 11) is 1.64. The number of carbonyl (C=O) groups excluding carboxylic acids is 1. The van der Waals surface area contributed by atoms with Gasteiger partial charge in [-0.2, -0.15) is 0 Å². The number of methoxy groups -OCH3 is 1. The molecule has 1 saturated heterocycles. The van der Waals surface area contributed by atoms with Crippen LogP contribution in [0, 0.1) is 0 Å². The van der Waals surface area contributed by atoms with Crippen LogP contribution in [0.5, 0.6) is 5.75 Å². The fourth-order valence-electron chi connectivity index (χ4n) is 5.15. The molecule has 0 spiro atoms. The van der Waals surface area contributed by atoms with Gasteiger partial charge in [0.25, 0.3) is 0 Å². The smallest absolute Gasteiger partial charge is 0.235 e. The van der Waals surface area contributed by atoms with Crippen LogP contribution in [0.2, 0.25) is 0 Å². The molecule has 4 heterocycles. The first kappa shape index (κ1) is 26.8. The lowest BCUT2D eigenvalue weighted by molar-refractivity contribution is -0.113. The monoisotopic (exact) mass is 538 g/mol. The summed E-state index contributed by atoms with van der Waals surface area (Å²) in [5, 5.41) is 27.1. The van der Waals surface area contributed by atoms with Gasteiger partial charge in [0.15, 0.2) is 0 Å². The van der Waals surface area contributed by atoms with E-state index in [9.17, 15) is 15.0 Å². The molecule has 202 valence electrons. The number of benzene rings is 1. The topological polar surface area (TPSA) is 126 Å². The summed E-state index contributed by atoms with van der Waals surface area (Å²) in [6.45, 7) is 0.217. The lowest BCUT2D eigenvalue weighted by Gasteiger charge is -2.38. The first-order chi connectivity index (χ1) is 18.5. The van der Waals surface area contributed by atoms with Crippen LogP contribution in [0.4, 0.5) is 5.82 Å². The molecule has 5 rings (SSSR count). The standard InChI is InChI=1S/C28H34N4O5S/c1-36-21-12-22-17(3-2-4-23(22)30-14-21)5-7-20-8-9-24(25(37-20)11-19(34)15-33)29-13-18-6-10-26-28(31-18)32-27(35)16-38-26/h2-4,6,10,12,14,19-20,24-25,29,33-34H,5,7-9,11,13,15-16H2,1H3,(H,31,32,35)/t19-,20+,24-,25+/m1/s1. The molecule has 4 N–H and O–H groups in total. The maximum absolute atomic E-state index is 11.7. The van der Waals surface area contributed by atoms with Crippen LogP contribution in [0.15, 0.2) is 47.5 Å². The van der Waals surface area contributed by atoms with Gasteiger partial charge in [-0.05, 0) is 55.5 Å². The lowest BCUT2D eigenvalue weighted by atomic mass is 9.91. The van der Waals surface area contributed by atoms with Crippen LogP contribution in [-0.2, 0) is 22.5 Å². The maximum Gasteiger partial charge on any atom is 0.235 e. The van der Waals surface area contributed by atoms with E-state index in [4.69, 9.17) is 9.47 Å². The number of anilines is 1. The minimum absolute atomic E-state index is 0.0141. The first-order valence-corrected chi connectivity index (χ1v) is 14.0. The Hall–Kier alpha value is -2.76. The highest BCUT2D eigenvalue weighted by Gasteiger charge is 2.32. The summed E-state index contributed by atoms with van der Waals surface area (Å²) >= 11 is 1.49. The van der Waals surface area contributed by atoms with E-state index in [-0.39, 0.29) is 30.8 Å². The Balaban J connectivity index is 1.22. The van der Waals surface area contributed by atoms with E-state index in [1.54, 1.807) is 13.3 Å². The second-order valence-electron chi connectivity index (χ2n) is 9.82. The van der Waals surface area contributed by atoms with E-state index in [0.717, 1.165) is 52.9 Å². The summed E-state index contributed by atoms with van der Waals surface area (Å²) in [5.74, 6) is 1.72. The number of aliphatic hydroxyl groups is 2. The zero-order valence-corrected chi connectivity index (χ0v) is 22.2. The number of nitrogens with zero attached hydrogens (tertiary/aromatic N) is 2. The maximum atomic E-state index is 11.7. The summed E-state index contributed by atoms with van der Waals surface area (Å²) in [6, 6.07) is 12.1. The normalized spacial score (nSPS) is 22.1. The average Bonchev–Trinajstić information content (AvgIpc) is 2.94. The molecule has 0 bridgehead atoms. The molecule has 1 amide bonds. The Bertz CT molecular complexity index is 1280. The Labute approximate surface area is 226 Å². The molecule has 2 aliphatic heterocycles. The number of ether oxygens (including phenoxy) is 2. The molecular weight excluding hydrogens is 504 g/mol. The fraction of sp³-hybridized carbons (Fsp3) is 0.464. The highest BCUT2D eigenvalue weighted by atomic mass is 32.2. The van der Waals surface area contributed by atoms with Gasteiger partial charge in [-0.25, -0.2) is 4.98 Å². The number of hydrogen-bond acceptors (Lipinski definition) is 9. The molecule has 2 aromatic heterocycles. The minimum atomic E-state index is -0.839. The Morgan fingerprint density at radius 3 is 3.03 bits per heavy atom. The summed E-state index contributed by atoms with van der Waals surface area (Å²) < 4.78 is 11.9. The van der Waals surface area contributed by atoms with Crippen LogP contribution in [-0.4, -0.2) is 69.9 Å². The second-order valence-corrected chi connectivity index (χ2v) is 10.8. The van der Waals surface area contributed by atoms with Gasteiger partial charge in [0, 0.05) is 24.4 Å². The number of amides is 1. The van der Waals surface area contributed by atoms with E-state index in [1.165, 1.54) is 17.3 Å². The Morgan fingerprint density at radius 1 is 1.29 bits per heavy atom. The van der Waals surface area contributed by atoms with Gasteiger partial charge in [-0.15, -0.1) is 11.8 Å². The number of aromatic nitrogens is 2. The Kier molecular flexibility index (Phi) is 8.75. The van der Waals surface area contributed by atoms with Crippen molar-refractivity contribution in [3.63, 3.8) is 0 Å². The van der Waals surface area contributed by atoms with Crippen LogP contribution >= 0.6 is 11.8 Å². The van der Waals surface area contributed by atoms with Gasteiger partial charge in [-0.1, -0.05) is 12.1 Å². The summed E-state index contributed by atoms with van der Waals surface area (Å²) in [4.78, 5) is 21.8. The number of carbonyl (C=O) groups is 1. The minimum Gasteiger partial charge on any atom is -0.495 e.